The van der Waals surface area contributed by atoms with Crippen LogP contribution in [0.5, 0.6) is 0 Å². The van der Waals surface area contributed by atoms with Crippen LogP contribution in [0.25, 0.3) is 0 Å². The lowest BCUT2D eigenvalue weighted by Crippen LogP contribution is -2.40. The Labute approximate surface area is 119 Å². The molecule has 5 nitrogen and oxygen atoms in total. The number of hydrogen-bond donors (Lipinski definition) is 2. The van der Waals surface area contributed by atoms with Crippen molar-refractivity contribution in [2.75, 3.05) is 11.9 Å². The molecule has 102 valence electrons. The van der Waals surface area contributed by atoms with Crippen molar-refractivity contribution in [3.63, 3.8) is 0 Å². The van der Waals surface area contributed by atoms with Crippen LogP contribution in [-0.4, -0.2) is 34.6 Å². The summed E-state index contributed by atoms with van der Waals surface area (Å²) in [5.74, 6) is -0.993. The van der Waals surface area contributed by atoms with Crippen LogP contribution in [0.15, 0.2) is 22.7 Å². The molecule has 0 aromatic heterocycles. The molecule has 1 aliphatic carbocycles. The summed E-state index contributed by atoms with van der Waals surface area (Å²) >= 11 is 3.36. The average Bonchev–Trinajstić information content (AvgIpc) is 3.07. The minimum Gasteiger partial charge on any atom is -0.480 e. The predicted molar refractivity (Wildman–Crippen MR) is 75.3 cm³/mol. The van der Waals surface area contributed by atoms with Gasteiger partial charge in [-0.1, -0.05) is 15.9 Å². The maximum Gasteiger partial charge on any atom is 0.323 e. The maximum absolute atomic E-state index is 12.1. The highest BCUT2D eigenvalue weighted by atomic mass is 79.9. The Balaban J connectivity index is 2.07. The number of aliphatic carboxylic acids is 1. The molecular weight excluding hydrogens is 312 g/mol. The second-order valence-corrected chi connectivity index (χ2v) is 5.62. The number of carboxylic acid groups (broad SMARTS) is 1. The highest BCUT2D eigenvalue weighted by Crippen LogP contribution is 2.27. The van der Waals surface area contributed by atoms with Crippen molar-refractivity contribution in [3.8, 4) is 0 Å². The second kappa shape index (κ2) is 5.61. The number of urea groups is 1. The molecule has 1 aliphatic rings. The summed E-state index contributed by atoms with van der Waals surface area (Å²) in [6.07, 6.45) is 1.75. The second-order valence-electron chi connectivity index (χ2n) is 4.70. The van der Waals surface area contributed by atoms with Crippen molar-refractivity contribution in [2.45, 2.75) is 25.8 Å². The number of halogens is 1. The summed E-state index contributed by atoms with van der Waals surface area (Å²) in [4.78, 5) is 24.2. The number of nitrogens with zero attached hydrogens (tertiary/aromatic N) is 1. The lowest BCUT2D eigenvalue weighted by Gasteiger charge is -2.21. The van der Waals surface area contributed by atoms with E-state index in [-0.39, 0.29) is 18.6 Å². The van der Waals surface area contributed by atoms with Gasteiger partial charge in [0.15, 0.2) is 0 Å². The summed E-state index contributed by atoms with van der Waals surface area (Å²) < 4.78 is 0.874. The van der Waals surface area contributed by atoms with E-state index in [1.165, 1.54) is 4.90 Å². The summed E-state index contributed by atoms with van der Waals surface area (Å²) in [6, 6.07) is 5.27. The van der Waals surface area contributed by atoms with Crippen LogP contribution in [-0.2, 0) is 4.79 Å². The first-order valence-corrected chi connectivity index (χ1v) is 6.81. The molecule has 1 fully saturated rings. The number of amides is 2. The molecule has 1 aromatic carbocycles. The van der Waals surface area contributed by atoms with Gasteiger partial charge in [-0.2, -0.15) is 0 Å². The third-order valence-corrected chi connectivity index (χ3v) is 3.31. The van der Waals surface area contributed by atoms with Gasteiger partial charge in [0.1, 0.15) is 6.54 Å². The normalized spacial score (nSPS) is 14.0. The zero-order valence-corrected chi connectivity index (χ0v) is 12.1. The van der Waals surface area contributed by atoms with Crippen molar-refractivity contribution in [2.24, 2.45) is 0 Å². The number of benzene rings is 1. The van der Waals surface area contributed by atoms with Gasteiger partial charge in [0.25, 0.3) is 0 Å². The zero-order chi connectivity index (χ0) is 14.0. The Bertz CT molecular complexity index is 494. The van der Waals surface area contributed by atoms with Crippen molar-refractivity contribution in [3.05, 3.63) is 28.2 Å². The number of carbonyl (C=O) groups is 2. The van der Waals surface area contributed by atoms with Crippen molar-refractivity contribution < 1.29 is 14.7 Å². The number of aryl methyl sites for hydroxylation is 1. The zero-order valence-electron chi connectivity index (χ0n) is 10.5. The molecule has 0 aliphatic heterocycles. The number of anilines is 1. The van der Waals surface area contributed by atoms with Crippen molar-refractivity contribution >= 4 is 33.6 Å². The minimum atomic E-state index is -0.993. The number of rotatable bonds is 4. The fourth-order valence-corrected chi connectivity index (χ4v) is 2.51. The molecule has 0 spiro atoms. The van der Waals surface area contributed by atoms with E-state index in [9.17, 15) is 9.59 Å². The Morgan fingerprint density at radius 1 is 1.42 bits per heavy atom. The Kier molecular flexibility index (Phi) is 4.09. The van der Waals surface area contributed by atoms with Crippen LogP contribution >= 0.6 is 15.9 Å². The van der Waals surface area contributed by atoms with E-state index >= 15 is 0 Å². The Hall–Kier alpha value is -1.56. The van der Waals surface area contributed by atoms with Gasteiger partial charge in [-0.05, 0) is 43.5 Å². The molecule has 19 heavy (non-hydrogen) atoms. The first-order valence-electron chi connectivity index (χ1n) is 6.02. The third kappa shape index (κ3) is 3.96. The number of carbonyl (C=O) groups excluding carboxylic acids is 1. The number of nitrogens with one attached hydrogen (secondary N) is 1. The van der Waals surface area contributed by atoms with Crippen LogP contribution in [0.2, 0.25) is 0 Å². The molecule has 0 saturated heterocycles. The topological polar surface area (TPSA) is 69.6 Å². The minimum absolute atomic E-state index is 0.0596. The van der Waals surface area contributed by atoms with Crippen LogP contribution in [0.1, 0.15) is 18.4 Å². The maximum atomic E-state index is 12.1. The standard InChI is InChI=1S/C13H15BrN2O3/c1-8-4-9(14)6-10(5-8)15-13(19)16(7-12(17)18)11-2-3-11/h4-6,11H,2-3,7H2,1H3,(H,15,19)(H,17,18). The first-order chi connectivity index (χ1) is 8.95. The molecular formula is C13H15BrN2O3. The van der Waals surface area contributed by atoms with E-state index in [0.29, 0.717) is 5.69 Å². The molecule has 1 aromatic rings. The first kappa shape index (κ1) is 13.9. The number of hydrogen-bond acceptors (Lipinski definition) is 2. The fraction of sp³-hybridized carbons (Fsp3) is 0.385. The van der Waals surface area contributed by atoms with Crippen LogP contribution in [0.4, 0.5) is 10.5 Å². The van der Waals surface area contributed by atoms with Crippen LogP contribution in [0.3, 0.4) is 0 Å². The predicted octanol–water partition coefficient (Wildman–Crippen LogP) is 2.84. The van der Waals surface area contributed by atoms with E-state index < -0.39 is 5.97 Å². The highest BCUT2D eigenvalue weighted by molar-refractivity contribution is 9.10. The molecule has 2 N–H and O–H groups in total. The van der Waals surface area contributed by atoms with Gasteiger partial charge >= 0.3 is 12.0 Å². The molecule has 1 saturated carbocycles. The van der Waals surface area contributed by atoms with E-state index in [2.05, 4.69) is 21.2 Å². The molecule has 0 radical (unpaired) electrons. The lowest BCUT2D eigenvalue weighted by molar-refractivity contribution is -0.137. The molecule has 0 heterocycles. The van der Waals surface area contributed by atoms with Gasteiger partial charge in [0, 0.05) is 16.2 Å². The quantitative estimate of drug-likeness (QED) is 0.893. The Morgan fingerprint density at radius 2 is 2.11 bits per heavy atom. The summed E-state index contributed by atoms with van der Waals surface area (Å²) in [6.45, 7) is 1.67. The molecule has 0 unspecified atom stereocenters. The Morgan fingerprint density at radius 3 is 2.63 bits per heavy atom. The van der Waals surface area contributed by atoms with Gasteiger partial charge in [-0.3, -0.25) is 4.79 Å². The molecule has 0 atom stereocenters. The molecule has 2 rings (SSSR count). The van der Waals surface area contributed by atoms with Gasteiger partial charge in [0.2, 0.25) is 0 Å². The van der Waals surface area contributed by atoms with Gasteiger partial charge < -0.3 is 15.3 Å². The van der Waals surface area contributed by atoms with E-state index in [0.717, 1.165) is 22.9 Å². The fourth-order valence-electron chi connectivity index (χ4n) is 1.90. The van der Waals surface area contributed by atoms with Crippen molar-refractivity contribution in [1.29, 1.82) is 0 Å². The van der Waals surface area contributed by atoms with E-state index in [1.54, 1.807) is 6.07 Å². The number of carboxylic acids is 1. The van der Waals surface area contributed by atoms with Gasteiger partial charge in [0.05, 0.1) is 0 Å². The SMILES string of the molecule is Cc1cc(Br)cc(NC(=O)N(CC(=O)O)C2CC2)c1. The summed E-state index contributed by atoms with van der Waals surface area (Å²) in [5, 5.41) is 11.6. The highest BCUT2D eigenvalue weighted by Gasteiger charge is 2.33. The summed E-state index contributed by atoms with van der Waals surface area (Å²) in [5.41, 5.74) is 1.67. The van der Waals surface area contributed by atoms with E-state index in [1.807, 2.05) is 19.1 Å². The lowest BCUT2D eigenvalue weighted by atomic mass is 10.2. The summed E-state index contributed by atoms with van der Waals surface area (Å²) in [7, 11) is 0. The van der Waals surface area contributed by atoms with Crippen LogP contribution in [0, 0.1) is 6.92 Å². The average molecular weight is 327 g/mol. The van der Waals surface area contributed by atoms with Gasteiger partial charge in [-0.25, -0.2) is 4.79 Å². The monoisotopic (exact) mass is 326 g/mol. The van der Waals surface area contributed by atoms with Crippen LogP contribution < -0.4 is 5.32 Å². The van der Waals surface area contributed by atoms with Crippen molar-refractivity contribution in [1.82, 2.24) is 4.90 Å². The van der Waals surface area contributed by atoms with Gasteiger partial charge in [-0.15, -0.1) is 0 Å². The third-order valence-electron chi connectivity index (χ3n) is 2.85. The smallest absolute Gasteiger partial charge is 0.323 e. The van der Waals surface area contributed by atoms with E-state index in [4.69, 9.17) is 5.11 Å². The largest absolute Gasteiger partial charge is 0.480 e. The molecule has 2 amide bonds. The molecule has 6 heteroatoms. The molecule has 0 bridgehead atoms.